The van der Waals surface area contributed by atoms with Gasteiger partial charge in [-0.3, -0.25) is 24.5 Å². The van der Waals surface area contributed by atoms with Gasteiger partial charge in [-0.05, 0) is 45.6 Å². The minimum absolute atomic E-state index is 0.210. The molecule has 0 aromatic heterocycles. The van der Waals surface area contributed by atoms with Gasteiger partial charge in [0.25, 0.3) is 0 Å². The lowest BCUT2D eigenvalue weighted by atomic mass is 10.1. The van der Waals surface area contributed by atoms with Crippen molar-refractivity contribution in [1.29, 1.82) is 0 Å². The number of carbonyl (C=O) groups is 4. The van der Waals surface area contributed by atoms with Crippen LogP contribution in [0.2, 0.25) is 0 Å². The van der Waals surface area contributed by atoms with E-state index >= 15 is 0 Å². The first-order valence-electron chi connectivity index (χ1n) is 9.32. The smallest absolute Gasteiger partial charge is 0.226 e. The predicted octanol–water partition coefficient (Wildman–Crippen LogP) is 0.711. The van der Waals surface area contributed by atoms with Crippen LogP contribution >= 0.6 is 0 Å². The molecule has 1 heterocycles. The third-order valence-corrected chi connectivity index (χ3v) is 4.70. The summed E-state index contributed by atoms with van der Waals surface area (Å²) in [6.45, 7) is 5.80. The molecule has 8 heteroatoms. The standard InChI is InChI=1S/C12H14N2O2.C8H16N2O2/c15-8-10-1-2-12(7-11(10)9-16)14-5-3-13-4-6-14;1-7(10(2)3)4-5-8(12)9-6-11/h1-2,7-9,13H,3-6H2;6-7H,4-5H2,1-3H3,(H,9,11,12). The first kappa shape index (κ1) is 23.5. The Morgan fingerprint density at radius 2 is 1.82 bits per heavy atom. The van der Waals surface area contributed by atoms with E-state index in [9.17, 15) is 19.2 Å². The van der Waals surface area contributed by atoms with Crippen molar-refractivity contribution in [3.05, 3.63) is 29.3 Å². The second-order valence-electron chi connectivity index (χ2n) is 6.82. The molecule has 28 heavy (non-hydrogen) atoms. The van der Waals surface area contributed by atoms with Gasteiger partial charge in [0.05, 0.1) is 0 Å². The summed E-state index contributed by atoms with van der Waals surface area (Å²) in [5.74, 6) is -0.210. The van der Waals surface area contributed by atoms with Gasteiger partial charge in [-0.1, -0.05) is 0 Å². The zero-order valence-corrected chi connectivity index (χ0v) is 16.8. The molecule has 0 radical (unpaired) electrons. The van der Waals surface area contributed by atoms with Gasteiger partial charge < -0.3 is 15.1 Å². The lowest BCUT2D eigenvalue weighted by Crippen LogP contribution is -2.43. The Labute approximate surface area is 166 Å². The van der Waals surface area contributed by atoms with E-state index in [1.807, 2.05) is 32.0 Å². The summed E-state index contributed by atoms with van der Waals surface area (Å²) < 4.78 is 0. The quantitative estimate of drug-likeness (QED) is 0.631. The molecule has 8 nitrogen and oxygen atoms in total. The zero-order chi connectivity index (χ0) is 20.9. The Kier molecular flexibility index (Phi) is 10.7. The van der Waals surface area contributed by atoms with E-state index in [0.717, 1.165) is 44.6 Å². The monoisotopic (exact) mass is 390 g/mol. The number of nitrogens with zero attached hydrogens (tertiary/aromatic N) is 2. The van der Waals surface area contributed by atoms with Gasteiger partial charge in [-0.25, -0.2) is 0 Å². The van der Waals surface area contributed by atoms with Gasteiger partial charge in [0.2, 0.25) is 12.3 Å². The second-order valence-corrected chi connectivity index (χ2v) is 6.82. The molecular formula is C20H30N4O4. The molecule has 1 atom stereocenters. The maximum absolute atomic E-state index is 10.8. The fraction of sp³-hybridized carbons (Fsp3) is 0.500. The molecule has 2 N–H and O–H groups in total. The summed E-state index contributed by atoms with van der Waals surface area (Å²) in [7, 11) is 3.92. The number of rotatable bonds is 8. The van der Waals surface area contributed by atoms with Crippen molar-refractivity contribution in [3.8, 4) is 0 Å². The number of hydrogen-bond donors (Lipinski definition) is 2. The fourth-order valence-electron chi connectivity index (χ4n) is 2.63. The van der Waals surface area contributed by atoms with Gasteiger partial charge in [0.15, 0.2) is 12.6 Å². The summed E-state index contributed by atoms with van der Waals surface area (Å²) in [5, 5.41) is 5.37. The Morgan fingerprint density at radius 1 is 1.18 bits per heavy atom. The molecule has 2 amide bonds. The average Bonchev–Trinajstić information content (AvgIpc) is 2.72. The number of anilines is 1. The Hall–Kier alpha value is -2.58. The van der Waals surface area contributed by atoms with Crippen LogP contribution in [-0.2, 0) is 9.59 Å². The van der Waals surface area contributed by atoms with E-state index in [4.69, 9.17) is 0 Å². The van der Waals surface area contributed by atoms with E-state index in [1.54, 1.807) is 12.1 Å². The van der Waals surface area contributed by atoms with E-state index in [2.05, 4.69) is 15.5 Å². The van der Waals surface area contributed by atoms with E-state index < -0.39 is 0 Å². The summed E-state index contributed by atoms with van der Waals surface area (Å²) in [6.07, 6.45) is 3.04. The molecule has 1 aliphatic rings. The summed E-state index contributed by atoms with van der Waals surface area (Å²) in [6, 6.07) is 5.74. The fourth-order valence-corrected chi connectivity index (χ4v) is 2.63. The molecule has 154 valence electrons. The molecule has 1 aromatic carbocycles. The van der Waals surface area contributed by atoms with Crippen molar-refractivity contribution in [3.63, 3.8) is 0 Å². The van der Waals surface area contributed by atoms with Gasteiger partial charge in [0, 0.05) is 55.5 Å². The molecule has 0 spiro atoms. The third-order valence-electron chi connectivity index (χ3n) is 4.70. The number of piperazine rings is 1. The minimum Gasteiger partial charge on any atom is -0.369 e. The van der Waals surface area contributed by atoms with Crippen LogP contribution in [0.25, 0.3) is 0 Å². The molecule has 0 aliphatic carbocycles. The highest BCUT2D eigenvalue weighted by molar-refractivity contribution is 5.91. The lowest BCUT2D eigenvalue weighted by Gasteiger charge is -2.29. The number of amides is 2. The summed E-state index contributed by atoms with van der Waals surface area (Å²) in [5.41, 5.74) is 1.93. The van der Waals surface area contributed by atoms with Gasteiger partial charge >= 0.3 is 0 Å². The van der Waals surface area contributed by atoms with Crippen LogP contribution in [0, 0.1) is 0 Å². The third kappa shape index (κ3) is 7.98. The van der Waals surface area contributed by atoms with Crippen molar-refractivity contribution in [2.45, 2.75) is 25.8 Å². The topological polar surface area (TPSA) is 98.8 Å². The van der Waals surface area contributed by atoms with Gasteiger partial charge in [0.1, 0.15) is 0 Å². The van der Waals surface area contributed by atoms with Crippen molar-refractivity contribution >= 4 is 30.6 Å². The molecule has 1 aromatic rings. The maximum atomic E-state index is 10.8. The molecule has 1 aliphatic heterocycles. The summed E-state index contributed by atoms with van der Waals surface area (Å²) in [4.78, 5) is 46.4. The highest BCUT2D eigenvalue weighted by atomic mass is 16.2. The zero-order valence-electron chi connectivity index (χ0n) is 16.8. The summed E-state index contributed by atoms with van der Waals surface area (Å²) >= 11 is 0. The Balaban J connectivity index is 0.000000295. The van der Waals surface area contributed by atoms with Crippen LogP contribution in [0.3, 0.4) is 0 Å². The van der Waals surface area contributed by atoms with Crippen LogP contribution < -0.4 is 15.5 Å². The molecule has 0 bridgehead atoms. The van der Waals surface area contributed by atoms with Crippen LogP contribution in [0.15, 0.2) is 18.2 Å². The number of aldehydes is 2. The van der Waals surface area contributed by atoms with E-state index in [0.29, 0.717) is 36.3 Å². The molecule has 1 fully saturated rings. The van der Waals surface area contributed by atoms with Crippen molar-refractivity contribution in [2.24, 2.45) is 0 Å². The molecule has 1 saturated heterocycles. The van der Waals surface area contributed by atoms with Crippen LogP contribution in [0.1, 0.15) is 40.5 Å². The normalized spacial score (nSPS) is 14.5. The van der Waals surface area contributed by atoms with Crippen molar-refractivity contribution < 1.29 is 19.2 Å². The number of carbonyl (C=O) groups excluding carboxylic acids is 4. The first-order valence-corrected chi connectivity index (χ1v) is 9.32. The van der Waals surface area contributed by atoms with Crippen LogP contribution in [0.4, 0.5) is 5.69 Å². The number of benzene rings is 1. The Bertz CT molecular complexity index is 658. The number of imide groups is 1. The van der Waals surface area contributed by atoms with Crippen LogP contribution in [-0.4, -0.2) is 76.1 Å². The predicted molar refractivity (Wildman–Crippen MR) is 109 cm³/mol. The molecule has 2 rings (SSSR count). The second kappa shape index (κ2) is 12.7. The highest BCUT2D eigenvalue weighted by Crippen LogP contribution is 2.18. The minimum atomic E-state index is -0.210. The van der Waals surface area contributed by atoms with E-state index in [1.165, 1.54) is 0 Å². The first-order chi connectivity index (χ1) is 13.4. The van der Waals surface area contributed by atoms with Crippen LogP contribution in [0.5, 0.6) is 0 Å². The average molecular weight is 390 g/mol. The largest absolute Gasteiger partial charge is 0.369 e. The molecule has 0 saturated carbocycles. The maximum Gasteiger partial charge on any atom is 0.226 e. The van der Waals surface area contributed by atoms with Crippen molar-refractivity contribution in [1.82, 2.24) is 15.5 Å². The van der Waals surface area contributed by atoms with Crippen molar-refractivity contribution in [2.75, 3.05) is 45.2 Å². The molecular weight excluding hydrogens is 360 g/mol. The van der Waals surface area contributed by atoms with E-state index in [-0.39, 0.29) is 5.91 Å². The lowest BCUT2D eigenvalue weighted by molar-refractivity contribution is -0.125. The number of hydrogen-bond acceptors (Lipinski definition) is 7. The van der Waals surface area contributed by atoms with Gasteiger partial charge in [-0.15, -0.1) is 0 Å². The SMILES string of the molecule is CC(CCC(=O)NC=O)N(C)C.O=Cc1ccc(N2CCNCC2)cc1C=O. The Morgan fingerprint density at radius 3 is 2.36 bits per heavy atom. The number of nitrogens with one attached hydrogen (secondary N) is 2. The molecule has 1 unspecified atom stereocenters. The van der Waals surface area contributed by atoms with Gasteiger partial charge in [-0.2, -0.15) is 0 Å². The highest BCUT2D eigenvalue weighted by Gasteiger charge is 2.12.